The molecule has 1 saturated carbocycles. The van der Waals surface area contributed by atoms with Crippen LogP contribution in [0.2, 0.25) is 0 Å². The summed E-state index contributed by atoms with van der Waals surface area (Å²) in [6.45, 7) is 0.415. The van der Waals surface area contributed by atoms with Crippen molar-refractivity contribution in [3.05, 3.63) is 0 Å². The van der Waals surface area contributed by atoms with E-state index < -0.39 is 17.7 Å². The normalized spacial score (nSPS) is 35.5. The molecule has 0 aromatic heterocycles. The van der Waals surface area contributed by atoms with Crippen molar-refractivity contribution in [2.45, 2.75) is 37.0 Å². The number of aliphatic hydroxyl groups is 2. The monoisotopic (exact) mass is 200 g/mol. The minimum Gasteiger partial charge on any atom is -0.388 e. The van der Waals surface area contributed by atoms with E-state index in [2.05, 4.69) is 0 Å². The molecular formula is C9H16N2O3. The molecule has 5 heteroatoms. The maximum atomic E-state index is 11.8. The van der Waals surface area contributed by atoms with Crippen molar-refractivity contribution >= 4 is 5.91 Å². The van der Waals surface area contributed by atoms with Gasteiger partial charge in [0.2, 0.25) is 5.91 Å². The fourth-order valence-corrected chi connectivity index (χ4v) is 2.02. The molecule has 1 heterocycles. The first-order valence-electron chi connectivity index (χ1n) is 4.97. The largest absolute Gasteiger partial charge is 0.388 e. The highest BCUT2D eigenvalue weighted by molar-refractivity contribution is 5.87. The highest BCUT2D eigenvalue weighted by atomic mass is 16.3. The van der Waals surface area contributed by atoms with Gasteiger partial charge in [0.25, 0.3) is 0 Å². The van der Waals surface area contributed by atoms with Crippen molar-refractivity contribution in [1.82, 2.24) is 4.90 Å². The number of hydrogen-bond donors (Lipinski definition) is 3. The summed E-state index contributed by atoms with van der Waals surface area (Å²) in [5.41, 5.74) is 5.14. The smallest absolute Gasteiger partial charge is 0.242 e. The van der Waals surface area contributed by atoms with Crippen LogP contribution in [-0.4, -0.2) is 51.9 Å². The van der Waals surface area contributed by atoms with Crippen molar-refractivity contribution in [3.63, 3.8) is 0 Å². The molecule has 1 aliphatic carbocycles. The minimum absolute atomic E-state index is 0.126. The molecule has 2 fully saturated rings. The first-order valence-corrected chi connectivity index (χ1v) is 4.97. The Bertz CT molecular complexity index is 242. The number of rotatable bonds is 1. The van der Waals surface area contributed by atoms with Crippen LogP contribution in [0.5, 0.6) is 0 Å². The zero-order chi connectivity index (χ0) is 10.3. The Labute approximate surface area is 82.5 Å². The average Bonchev–Trinajstić information content (AvgIpc) is 2.42. The summed E-state index contributed by atoms with van der Waals surface area (Å²) in [4.78, 5) is 13.3. The van der Waals surface area contributed by atoms with Crippen LogP contribution in [0.15, 0.2) is 0 Å². The average molecular weight is 200 g/mol. The molecular weight excluding hydrogens is 184 g/mol. The fraction of sp³-hybridized carbons (Fsp3) is 0.889. The molecule has 0 bridgehead atoms. The molecule has 2 atom stereocenters. The van der Waals surface area contributed by atoms with Gasteiger partial charge in [-0.3, -0.25) is 4.79 Å². The van der Waals surface area contributed by atoms with E-state index in [0.717, 1.165) is 6.42 Å². The van der Waals surface area contributed by atoms with Gasteiger partial charge in [0.15, 0.2) is 0 Å². The summed E-state index contributed by atoms with van der Waals surface area (Å²) in [6, 6.07) is 0. The van der Waals surface area contributed by atoms with Crippen LogP contribution >= 0.6 is 0 Å². The second kappa shape index (κ2) is 3.18. The van der Waals surface area contributed by atoms with Crippen LogP contribution in [0.25, 0.3) is 0 Å². The van der Waals surface area contributed by atoms with Gasteiger partial charge in [-0.2, -0.15) is 0 Å². The van der Waals surface area contributed by atoms with Crippen LogP contribution in [-0.2, 0) is 4.79 Å². The van der Waals surface area contributed by atoms with Crippen molar-refractivity contribution in [1.29, 1.82) is 0 Å². The standard InChI is InChI=1S/C9H16N2O3/c10-9(2-1-3-9)8(14)11-4-6(12)7(13)5-11/h6-7,12-13H,1-5,10H2/t6-,7+. The third-order valence-electron chi connectivity index (χ3n) is 3.22. The summed E-state index contributed by atoms with van der Waals surface area (Å²) in [6.07, 6.45) is 0.787. The zero-order valence-corrected chi connectivity index (χ0v) is 8.02. The Kier molecular flexibility index (Phi) is 2.25. The van der Waals surface area contributed by atoms with Gasteiger partial charge in [-0.15, -0.1) is 0 Å². The Balaban J connectivity index is 1.99. The number of carbonyl (C=O) groups is 1. The number of carbonyl (C=O) groups excluding carboxylic acids is 1. The van der Waals surface area contributed by atoms with E-state index in [9.17, 15) is 15.0 Å². The van der Waals surface area contributed by atoms with Gasteiger partial charge < -0.3 is 20.8 Å². The SMILES string of the molecule is NC1(C(=O)N2C[C@@H](O)[C@@H](O)C2)CCC1. The molecule has 0 radical (unpaired) electrons. The third kappa shape index (κ3) is 1.41. The Morgan fingerprint density at radius 1 is 1.29 bits per heavy atom. The maximum absolute atomic E-state index is 11.8. The van der Waals surface area contributed by atoms with Crippen molar-refractivity contribution < 1.29 is 15.0 Å². The second-order valence-electron chi connectivity index (χ2n) is 4.35. The molecule has 1 aliphatic heterocycles. The molecule has 2 rings (SSSR count). The van der Waals surface area contributed by atoms with E-state index in [-0.39, 0.29) is 19.0 Å². The Morgan fingerprint density at radius 2 is 1.79 bits per heavy atom. The summed E-state index contributed by atoms with van der Waals surface area (Å²) in [7, 11) is 0. The Morgan fingerprint density at radius 3 is 2.14 bits per heavy atom. The number of likely N-dealkylation sites (tertiary alicyclic amines) is 1. The number of hydrogen-bond acceptors (Lipinski definition) is 4. The molecule has 2 aliphatic rings. The Hall–Kier alpha value is -0.650. The van der Waals surface area contributed by atoms with Crippen LogP contribution < -0.4 is 5.73 Å². The lowest BCUT2D eigenvalue weighted by atomic mass is 9.76. The summed E-state index contributed by atoms with van der Waals surface area (Å²) < 4.78 is 0. The first-order chi connectivity index (χ1) is 6.53. The fourth-order valence-electron chi connectivity index (χ4n) is 2.02. The number of amides is 1. The third-order valence-corrected chi connectivity index (χ3v) is 3.22. The molecule has 80 valence electrons. The van der Waals surface area contributed by atoms with E-state index in [1.54, 1.807) is 0 Å². The van der Waals surface area contributed by atoms with Crippen molar-refractivity contribution in [2.24, 2.45) is 5.73 Å². The molecule has 1 amide bonds. The van der Waals surface area contributed by atoms with E-state index in [0.29, 0.717) is 12.8 Å². The zero-order valence-electron chi connectivity index (χ0n) is 8.02. The number of aliphatic hydroxyl groups excluding tert-OH is 2. The van der Waals surface area contributed by atoms with Crippen LogP contribution in [0.4, 0.5) is 0 Å². The van der Waals surface area contributed by atoms with Crippen molar-refractivity contribution in [2.75, 3.05) is 13.1 Å². The van der Waals surface area contributed by atoms with E-state index in [1.165, 1.54) is 4.90 Å². The van der Waals surface area contributed by atoms with Crippen molar-refractivity contribution in [3.8, 4) is 0 Å². The molecule has 4 N–H and O–H groups in total. The summed E-state index contributed by atoms with van der Waals surface area (Å²) >= 11 is 0. The lowest BCUT2D eigenvalue weighted by molar-refractivity contribution is -0.139. The minimum atomic E-state index is -0.817. The van der Waals surface area contributed by atoms with E-state index in [1.807, 2.05) is 0 Å². The molecule has 0 unspecified atom stereocenters. The predicted octanol–water partition coefficient (Wildman–Crippen LogP) is -1.57. The predicted molar refractivity (Wildman–Crippen MR) is 49.4 cm³/mol. The molecule has 14 heavy (non-hydrogen) atoms. The molecule has 0 aromatic rings. The van der Waals surface area contributed by atoms with Gasteiger partial charge in [-0.1, -0.05) is 0 Å². The second-order valence-corrected chi connectivity index (χ2v) is 4.35. The summed E-state index contributed by atoms with van der Waals surface area (Å²) in [5.74, 6) is -0.126. The van der Waals surface area contributed by atoms with E-state index in [4.69, 9.17) is 5.73 Å². The van der Waals surface area contributed by atoms with Crippen LogP contribution in [0.3, 0.4) is 0 Å². The molecule has 0 spiro atoms. The lowest BCUT2D eigenvalue weighted by Gasteiger charge is -2.39. The molecule has 5 nitrogen and oxygen atoms in total. The summed E-state index contributed by atoms with van der Waals surface area (Å²) in [5, 5.41) is 18.6. The van der Waals surface area contributed by atoms with Crippen LogP contribution in [0, 0.1) is 0 Å². The van der Waals surface area contributed by atoms with Gasteiger partial charge in [0.05, 0.1) is 17.7 Å². The molecule has 1 saturated heterocycles. The first kappa shape index (κ1) is 9.89. The maximum Gasteiger partial charge on any atom is 0.242 e. The number of nitrogens with two attached hydrogens (primary N) is 1. The highest BCUT2D eigenvalue weighted by Crippen LogP contribution is 2.31. The lowest BCUT2D eigenvalue weighted by Crippen LogP contribution is -2.59. The van der Waals surface area contributed by atoms with Gasteiger partial charge in [0, 0.05) is 13.1 Å². The number of nitrogens with zero attached hydrogens (tertiary/aromatic N) is 1. The van der Waals surface area contributed by atoms with Gasteiger partial charge >= 0.3 is 0 Å². The van der Waals surface area contributed by atoms with Gasteiger partial charge in [-0.05, 0) is 19.3 Å². The quantitative estimate of drug-likeness (QED) is 0.477. The van der Waals surface area contributed by atoms with Gasteiger partial charge in [0.1, 0.15) is 0 Å². The highest BCUT2D eigenvalue weighted by Gasteiger charge is 2.45. The van der Waals surface area contributed by atoms with Gasteiger partial charge in [-0.25, -0.2) is 0 Å². The topological polar surface area (TPSA) is 86.8 Å². The van der Waals surface area contributed by atoms with E-state index >= 15 is 0 Å². The number of β-amino-alcohol motifs (C(OH)–C–C–N with tert-alkyl or cyclic N) is 2. The molecule has 0 aromatic carbocycles. The van der Waals surface area contributed by atoms with Crippen LogP contribution in [0.1, 0.15) is 19.3 Å².